The van der Waals surface area contributed by atoms with Crippen LogP contribution in [-0.2, 0) is 4.79 Å². The van der Waals surface area contributed by atoms with Gasteiger partial charge in [-0.2, -0.15) is 0 Å². The van der Waals surface area contributed by atoms with Gasteiger partial charge in [0, 0.05) is 7.05 Å². The van der Waals surface area contributed by atoms with Crippen molar-refractivity contribution >= 4 is 11.9 Å². The minimum absolute atomic E-state index is 0.110. The topological polar surface area (TPSA) is 65.4 Å². The van der Waals surface area contributed by atoms with Crippen LogP contribution in [0.5, 0.6) is 5.75 Å². The third-order valence-corrected chi connectivity index (χ3v) is 5.07. The maximum absolute atomic E-state index is 13.0. The highest BCUT2D eigenvalue weighted by Crippen LogP contribution is 2.33. The van der Waals surface area contributed by atoms with E-state index < -0.39 is 5.54 Å². The normalized spacial score (nSPS) is 25.0. The first-order chi connectivity index (χ1) is 11.5. The Bertz CT molecular complexity index is 613. The Hall–Kier alpha value is -2.11. The highest BCUT2D eigenvalue weighted by Gasteiger charge is 2.50. The van der Waals surface area contributed by atoms with E-state index in [1.807, 2.05) is 0 Å². The first-order valence-electron chi connectivity index (χ1n) is 8.53. The average molecular weight is 333 g/mol. The summed E-state index contributed by atoms with van der Waals surface area (Å²) in [5.74, 6) is 0.649. The lowest BCUT2D eigenvalue weighted by Crippen LogP contribution is -2.53. The van der Waals surface area contributed by atoms with E-state index in [9.17, 15) is 9.18 Å². The number of halogens is 1. The van der Waals surface area contributed by atoms with Crippen molar-refractivity contribution in [2.24, 2.45) is 5.92 Å². The van der Waals surface area contributed by atoms with Crippen LogP contribution in [0.3, 0.4) is 0 Å². The van der Waals surface area contributed by atoms with E-state index >= 15 is 0 Å². The monoisotopic (exact) mass is 333 g/mol. The summed E-state index contributed by atoms with van der Waals surface area (Å²) in [6, 6.07) is 5.78. The number of guanidine groups is 1. The maximum Gasteiger partial charge on any atom is 0.258 e. The lowest BCUT2D eigenvalue weighted by Gasteiger charge is -2.32. The molecule has 6 heteroatoms. The summed E-state index contributed by atoms with van der Waals surface area (Å²) in [6.07, 6.45) is 6.54. The van der Waals surface area contributed by atoms with Gasteiger partial charge in [0.05, 0.1) is 0 Å². The zero-order chi connectivity index (χ0) is 17.2. The molecule has 2 aliphatic rings. The largest absolute Gasteiger partial charge is 0.491 e. The summed E-state index contributed by atoms with van der Waals surface area (Å²) < 4.78 is 18.8. The second-order valence-electron chi connectivity index (χ2n) is 6.87. The van der Waals surface area contributed by atoms with Crippen LogP contribution in [0.15, 0.2) is 24.3 Å². The number of nitrogens with zero attached hydrogens (tertiary/aromatic N) is 1. The molecule has 1 amide bonds. The van der Waals surface area contributed by atoms with Crippen molar-refractivity contribution in [3.63, 3.8) is 0 Å². The molecule has 2 fully saturated rings. The smallest absolute Gasteiger partial charge is 0.258 e. The molecular weight excluding hydrogens is 309 g/mol. The van der Waals surface area contributed by atoms with Crippen LogP contribution in [-0.4, -0.2) is 36.0 Å². The zero-order valence-corrected chi connectivity index (χ0v) is 14.0. The summed E-state index contributed by atoms with van der Waals surface area (Å²) in [4.78, 5) is 14.1. The highest BCUT2D eigenvalue weighted by atomic mass is 19.1. The predicted molar refractivity (Wildman–Crippen MR) is 89.5 cm³/mol. The molecule has 0 radical (unpaired) electrons. The lowest BCUT2D eigenvalue weighted by molar-refractivity contribution is -0.132. The average Bonchev–Trinajstić information content (AvgIpc) is 2.80. The summed E-state index contributed by atoms with van der Waals surface area (Å²) in [5.41, 5.74) is -0.901. The molecular formula is C18H24FN3O2. The van der Waals surface area contributed by atoms with E-state index in [0.29, 0.717) is 18.1 Å². The minimum Gasteiger partial charge on any atom is -0.491 e. The SMILES string of the molecule is CN1C(=N)N[C@](COc2ccc(F)cc2)(CC2CCCCC2)C1=O. The number of rotatable bonds is 5. The van der Waals surface area contributed by atoms with E-state index in [1.54, 1.807) is 19.2 Å². The number of carbonyl (C=O) groups excluding carboxylic acids is 1. The first kappa shape index (κ1) is 16.7. The number of nitrogens with one attached hydrogen (secondary N) is 2. The summed E-state index contributed by atoms with van der Waals surface area (Å²) in [6.45, 7) is 0.140. The van der Waals surface area contributed by atoms with Gasteiger partial charge in [0.1, 0.15) is 18.2 Å². The molecule has 1 saturated carbocycles. The first-order valence-corrected chi connectivity index (χ1v) is 8.53. The van der Waals surface area contributed by atoms with Crippen molar-refractivity contribution in [3.05, 3.63) is 30.1 Å². The fourth-order valence-corrected chi connectivity index (χ4v) is 3.70. The molecule has 0 aromatic heterocycles. The van der Waals surface area contributed by atoms with Gasteiger partial charge in [-0.1, -0.05) is 32.1 Å². The van der Waals surface area contributed by atoms with Crippen molar-refractivity contribution in [2.75, 3.05) is 13.7 Å². The third-order valence-electron chi connectivity index (χ3n) is 5.07. The van der Waals surface area contributed by atoms with Gasteiger partial charge in [-0.15, -0.1) is 0 Å². The number of hydrogen-bond donors (Lipinski definition) is 2. The highest BCUT2D eigenvalue weighted by molar-refractivity contribution is 6.07. The second kappa shape index (κ2) is 6.79. The lowest BCUT2D eigenvalue weighted by atomic mass is 9.79. The molecule has 24 heavy (non-hydrogen) atoms. The zero-order valence-electron chi connectivity index (χ0n) is 14.0. The van der Waals surface area contributed by atoms with Gasteiger partial charge in [0.25, 0.3) is 5.91 Å². The van der Waals surface area contributed by atoms with Crippen molar-refractivity contribution in [2.45, 2.75) is 44.1 Å². The standard InChI is InChI=1S/C18H24FN3O2/c1-22-16(23)18(21-17(22)20,11-13-5-3-2-4-6-13)12-24-15-9-7-14(19)8-10-15/h7-10,13H,2-6,11-12H2,1H3,(H2,20,21)/t18-/m0/s1. The quantitative estimate of drug-likeness (QED) is 0.871. The summed E-state index contributed by atoms with van der Waals surface area (Å²) in [5, 5.41) is 11.0. The summed E-state index contributed by atoms with van der Waals surface area (Å²) >= 11 is 0. The molecule has 0 unspecified atom stereocenters. The Morgan fingerprint density at radius 1 is 1.29 bits per heavy atom. The molecule has 1 heterocycles. The minimum atomic E-state index is -0.901. The van der Waals surface area contributed by atoms with Crippen LogP contribution < -0.4 is 10.1 Å². The molecule has 2 N–H and O–H groups in total. The van der Waals surface area contributed by atoms with Gasteiger partial charge >= 0.3 is 0 Å². The van der Waals surface area contributed by atoms with E-state index in [2.05, 4.69) is 5.32 Å². The number of hydrogen-bond acceptors (Lipinski definition) is 3. The molecule has 1 aromatic rings. The van der Waals surface area contributed by atoms with Gasteiger partial charge in [-0.25, -0.2) is 4.39 Å². The van der Waals surface area contributed by atoms with Crippen LogP contribution in [0, 0.1) is 17.1 Å². The molecule has 1 aromatic carbocycles. The van der Waals surface area contributed by atoms with Crippen LogP contribution in [0.2, 0.25) is 0 Å². The molecule has 0 bridgehead atoms. The number of likely N-dealkylation sites (N-methyl/N-ethyl adjacent to an activating group) is 1. The van der Waals surface area contributed by atoms with Crippen molar-refractivity contribution in [3.8, 4) is 5.75 Å². The number of amides is 1. The summed E-state index contributed by atoms with van der Waals surface area (Å²) in [7, 11) is 1.61. The Labute approximate surface area is 141 Å². The van der Waals surface area contributed by atoms with Gasteiger partial charge in [-0.3, -0.25) is 15.1 Å². The molecule has 1 aliphatic heterocycles. The van der Waals surface area contributed by atoms with Gasteiger partial charge < -0.3 is 10.1 Å². The number of ether oxygens (including phenoxy) is 1. The Morgan fingerprint density at radius 2 is 1.96 bits per heavy atom. The molecule has 5 nitrogen and oxygen atoms in total. The van der Waals surface area contributed by atoms with Gasteiger partial charge in [0.2, 0.25) is 0 Å². The number of benzene rings is 1. The Balaban J connectivity index is 1.75. The van der Waals surface area contributed by atoms with Crippen LogP contribution in [0.1, 0.15) is 38.5 Å². The fraction of sp³-hybridized carbons (Fsp3) is 0.556. The van der Waals surface area contributed by atoms with E-state index in [1.165, 1.54) is 36.3 Å². The second-order valence-corrected chi connectivity index (χ2v) is 6.87. The molecule has 0 spiro atoms. The maximum atomic E-state index is 13.0. The van der Waals surface area contributed by atoms with Gasteiger partial charge in [0.15, 0.2) is 11.5 Å². The Morgan fingerprint density at radius 3 is 2.54 bits per heavy atom. The predicted octanol–water partition coefficient (Wildman–Crippen LogP) is 2.91. The van der Waals surface area contributed by atoms with E-state index in [-0.39, 0.29) is 24.3 Å². The Kier molecular flexibility index (Phi) is 4.73. The van der Waals surface area contributed by atoms with Crippen LogP contribution in [0.25, 0.3) is 0 Å². The third kappa shape index (κ3) is 3.37. The van der Waals surface area contributed by atoms with Crippen molar-refractivity contribution in [1.82, 2.24) is 10.2 Å². The van der Waals surface area contributed by atoms with E-state index in [0.717, 1.165) is 12.8 Å². The van der Waals surface area contributed by atoms with Crippen LogP contribution in [0.4, 0.5) is 4.39 Å². The molecule has 3 rings (SSSR count). The van der Waals surface area contributed by atoms with Crippen molar-refractivity contribution < 1.29 is 13.9 Å². The van der Waals surface area contributed by atoms with E-state index in [4.69, 9.17) is 10.1 Å². The fourth-order valence-electron chi connectivity index (χ4n) is 3.70. The molecule has 1 aliphatic carbocycles. The molecule has 1 atom stereocenters. The molecule has 130 valence electrons. The number of carbonyl (C=O) groups is 1. The van der Waals surface area contributed by atoms with Crippen molar-refractivity contribution in [1.29, 1.82) is 5.41 Å². The van der Waals surface area contributed by atoms with Crippen LogP contribution >= 0.6 is 0 Å². The van der Waals surface area contributed by atoms with Gasteiger partial charge in [-0.05, 0) is 36.6 Å². The molecule has 1 saturated heterocycles.